The molecule has 0 bridgehead atoms. The first-order valence-electron chi connectivity index (χ1n) is 9.64. The molecule has 0 saturated heterocycles. The molecule has 2 aromatic carbocycles. The highest BCUT2D eigenvalue weighted by molar-refractivity contribution is 7.89. The van der Waals surface area contributed by atoms with E-state index in [0.717, 1.165) is 24.3 Å². The third kappa shape index (κ3) is 3.64. The van der Waals surface area contributed by atoms with E-state index >= 15 is 0 Å². The van der Waals surface area contributed by atoms with E-state index in [1.165, 1.54) is 36.1 Å². The quantitative estimate of drug-likeness (QED) is 0.368. The Hall–Kier alpha value is -4.11. The van der Waals surface area contributed by atoms with Crippen LogP contribution in [0.3, 0.4) is 0 Å². The molecule has 0 aliphatic carbocycles. The third-order valence-electron chi connectivity index (χ3n) is 5.29. The second kappa shape index (κ2) is 7.99. The van der Waals surface area contributed by atoms with Crippen LogP contribution in [0.5, 0.6) is 5.75 Å². The number of fused-ring (bicyclic) bond motifs is 1. The number of sulfonamides is 1. The number of nitrogens with two attached hydrogens (primary N) is 1. The van der Waals surface area contributed by atoms with Crippen LogP contribution in [0, 0.1) is 0 Å². The smallest absolute Gasteiger partial charge is 0.421 e. The first-order valence-corrected chi connectivity index (χ1v) is 11.1. The maximum atomic E-state index is 14.5. The van der Waals surface area contributed by atoms with Crippen molar-refractivity contribution >= 4 is 27.4 Å². The lowest BCUT2D eigenvalue weighted by Crippen LogP contribution is -2.61. The van der Waals surface area contributed by atoms with Crippen molar-refractivity contribution < 1.29 is 31.1 Å². The summed E-state index contributed by atoms with van der Waals surface area (Å²) in [6, 6.07) is 9.73. The van der Waals surface area contributed by atoms with Gasteiger partial charge in [0.2, 0.25) is 15.6 Å². The number of alkyl halides is 3. The van der Waals surface area contributed by atoms with Gasteiger partial charge in [-0.1, -0.05) is 12.1 Å². The highest BCUT2D eigenvalue weighted by Crippen LogP contribution is 2.46. The molecule has 1 aliphatic rings. The van der Waals surface area contributed by atoms with Crippen molar-refractivity contribution in [3.05, 3.63) is 74.9 Å². The summed E-state index contributed by atoms with van der Waals surface area (Å²) in [5, 5.41) is 1.86. The predicted molar refractivity (Wildman–Crippen MR) is 117 cm³/mol. The van der Waals surface area contributed by atoms with Crippen molar-refractivity contribution in [2.45, 2.75) is 16.6 Å². The van der Waals surface area contributed by atoms with Gasteiger partial charge >= 0.3 is 11.9 Å². The van der Waals surface area contributed by atoms with Gasteiger partial charge in [0.25, 0.3) is 11.5 Å². The molecule has 1 aliphatic heterocycles. The minimum atomic E-state index is -5.65. The SMILES string of the molecule is COc1ccccc1-n1c2c(c(=O)[nH]c1=O)C(NS(=O)(=O)c1ccc(N)cc1)(C(F)(F)F)C(=O)N2. The molecular formula is C20H16F3N5O6S. The fraction of sp³-hybridized carbons (Fsp3) is 0.150. The van der Waals surface area contributed by atoms with Gasteiger partial charge < -0.3 is 15.8 Å². The number of aromatic nitrogens is 2. The lowest BCUT2D eigenvalue weighted by Gasteiger charge is -2.29. The zero-order valence-electron chi connectivity index (χ0n) is 17.6. The number of nitrogens with zero attached hydrogens (tertiary/aromatic N) is 1. The van der Waals surface area contributed by atoms with Crippen LogP contribution in [-0.2, 0) is 20.4 Å². The standard InChI is InChI=1S/C20H16F3N5O6S/c1-34-13-5-3-2-4-12(13)28-15-14(16(29)26-18(28)31)19(17(30)25-15,20(21,22)23)27-35(32,33)11-8-6-10(24)7-9-11/h2-9,27H,24H2,1H3,(H,25,30)(H,26,29,31). The van der Waals surface area contributed by atoms with Gasteiger partial charge in [-0.15, -0.1) is 0 Å². The first-order chi connectivity index (χ1) is 16.3. The zero-order chi connectivity index (χ0) is 25.8. The van der Waals surface area contributed by atoms with Crippen molar-refractivity contribution in [2.24, 2.45) is 0 Å². The number of rotatable bonds is 5. The molecule has 1 aromatic heterocycles. The minimum absolute atomic E-state index is 0.0186. The third-order valence-corrected chi connectivity index (χ3v) is 6.76. The molecule has 11 nitrogen and oxygen atoms in total. The average molecular weight is 511 g/mol. The maximum Gasteiger partial charge on any atom is 0.421 e. The second-order valence-electron chi connectivity index (χ2n) is 7.37. The molecule has 1 unspecified atom stereocenters. The number of H-pyrrole nitrogens is 1. The fourth-order valence-electron chi connectivity index (χ4n) is 3.70. The number of nitrogens with one attached hydrogen (secondary N) is 3. The van der Waals surface area contributed by atoms with Gasteiger partial charge in [-0.3, -0.25) is 14.6 Å². The number of ether oxygens (including phenoxy) is 1. The highest BCUT2D eigenvalue weighted by atomic mass is 32.2. The van der Waals surface area contributed by atoms with Crippen molar-refractivity contribution in [3.63, 3.8) is 0 Å². The number of amides is 1. The lowest BCUT2D eigenvalue weighted by molar-refractivity contribution is -0.194. The molecule has 3 aromatic rings. The number of carbonyl (C=O) groups excluding carboxylic acids is 1. The largest absolute Gasteiger partial charge is 0.495 e. The molecule has 15 heteroatoms. The van der Waals surface area contributed by atoms with Gasteiger partial charge in [-0.25, -0.2) is 17.8 Å². The Morgan fingerprint density at radius 3 is 2.29 bits per heavy atom. The number of aromatic amines is 1. The van der Waals surface area contributed by atoms with Gasteiger partial charge in [-0.2, -0.15) is 17.9 Å². The summed E-state index contributed by atoms with van der Waals surface area (Å²) >= 11 is 0. The summed E-state index contributed by atoms with van der Waals surface area (Å²) in [6.45, 7) is 0. The summed E-state index contributed by atoms with van der Waals surface area (Å²) < 4.78 is 76.5. The summed E-state index contributed by atoms with van der Waals surface area (Å²) in [7, 11) is -3.81. The van der Waals surface area contributed by atoms with Crippen LogP contribution in [0.25, 0.3) is 5.69 Å². The normalized spacial score (nSPS) is 17.7. The fourth-order valence-corrected chi connectivity index (χ4v) is 5.02. The molecule has 0 fully saturated rings. The van der Waals surface area contributed by atoms with E-state index in [4.69, 9.17) is 10.5 Å². The topological polar surface area (TPSA) is 165 Å². The van der Waals surface area contributed by atoms with Gasteiger partial charge in [0.1, 0.15) is 11.6 Å². The average Bonchev–Trinajstić information content (AvgIpc) is 3.07. The number of para-hydroxylation sites is 2. The molecule has 0 spiro atoms. The Kier molecular flexibility index (Phi) is 5.48. The number of hydrogen-bond acceptors (Lipinski definition) is 7. The van der Waals surface area contributed by atoms with E-state index in [1.807, 2.05) is 5.32 Å². The molecule has 35 heavy (non-hydrogen) atoms. The lowest BCUT2D eigenvalue weighted by atomic mass is 9.93. The Bertz CT molecular complexity index is 1560. The van der Waals surface area contributed by atoms with E-state index < -0.39 is 55.2 Å². The predicted octanol–water partition coefficient (Wildman–Crippen LogP) is 0.805. The van der Waals surface area contributed by atoms with Crippen molar-refractivity contribution in [1.29, 1.82) is 0 Å². The van der Waals surface area contributed by atoms with Gasteiger partial charge in [0.05, 0.1) is 23.3 Å². The molecule has 1 amide bonds. The number of methoxy groups -OCH3 is 1. The number of benzene rings is 2. The van der Waals surface area contributed by atoms with Crippen LogP contribution in [0.15, 0.2) is 63.0 Å². The first kappa shape index (κ1) is 24.0. The van der Waals surface area contributed by atoms with E-state index in [2.05, 4.69) is 0 Å². The monoisotopic (exact) mass is 511 g/mol. The van der Waals surface area contributed by atoms with Gasteiger partial charge in [0, 0.05) is 5.69 Å². The van der Waals surface area contributed by atoms with Crippen LogP contribution in [-0.4, -0.2) is 37.2 Å². The molecule has 4 rings (SSSR count). The number of nitrogen functional groups attached to an aromatic ring is 1. The van der Waals surface area contributed by atoms with E-state index in [1.54, 1.807) is 4.98 Å². The second-order valence-corrected chi connectivity index (χ2v) is 9.05. The van der Waals surface area contributed by atoms with Crippen molar-refractivity contribution in [3.8, 4) is 11.4 Å². The van der Waals surface area contributed by atoms with E-state index in [9.17, 15) is 36.0 Å². The summed E-state index contributed by atoms with van der Waals surface area (Å²) in [6.07, 6.45) is -5.65. The van der Waals surface area contributed by atoms with E-state index in [0.29, 0.717) is 4.57 Å². The Morgan fingerprint density at radius 2 is 1.69 bits per heavy atom. The number of hydrogen-bond donors (Lipinski definition) is 4. The van der Waals surface area contributed by atoms with Crippen LogP contribution >= 0.6 is 0 Å². The van der Waals surface area contributed by atoms with Gasteiger partial charge in [0.15, 0.2) is 0 Å². The maximum absolute atomic E-state index is 14.5. The number of halogens is 3. The molecule has 1 atom stereocenters. The van der Waals surface area contributed by atoms with E-state index in [-0.39, 0.29) is 17.1 Å². The zero-order valence-corrected chi connectivity index (χ0v) is 18.5. The van der Waals surface area contributed by atoms with Crippen LogP contribution in [0.4, 0.5) is 24.7 Å². The summed E-state index contributed by atoms with van der Waals surface area (Å²) in [5.41, 5.74) is -2.73. The Balaban J connectivity index is 2.04. The molecule has 0 radical (unpaired) electrons. The van der Waals surface area contributed by atoms with Crippen molar-refractivity contribution in [2.75, 3.05) is 18.2 Å². The summed E-state index contributed by atoms with van der Waals surface area (Å²) in [5.74, 6) is -2.78. The van der Waals surface area contributed by atoms with Crippen LogP contribution in [0.2, 0.25) is 0 Å². The Morgan fingerprint density at radius 1 is 1.06 bits per heavy atom. The molecule has 184 valence electrons. The minimum Gasteiger partial charge on any atom is -0.495 e. The van der Waals surface area contributed by atoms with Crippen LogP contribution in [0.1, 0.15) is 5.56 Å². The van der Waals surface area contributed by atoms with Gasteiger partial charge in [-0.05, 0) is 36.4 Å². The molecule has 2 heterocycles. The molecule has 5 N–H and O–H groups in total. The Labute approximate surface area is 194 Å². The molecular weight excluding hydrogens is 495 g/mol. The highest BCUT2D eigenvalue weighted by Gasteiger charge is 2.69. The number of anilines is 2. The molecule has 0 saturated carbocycles. The van der Waals surface area contributed by atoms with Crippen molar-refractivity contribution in [1.82, 2.24) is 14.3 Å². The van der Waals surface area contributed by atoms with Crippen LogP contribution < -0.4 is 31.8 Å². The summed E-state index contributed by atoms with van der Waals surface area (Å²) in [4.78, 5) is 39.3. The number of carbonyl (C=O) groups is 1.